The van der Waals surface area contributed by atoms with Crippen LogP contribution in [0.2, 0.25) is 0 Å². The van der Waals surface area contributed by atoms with Gasteiger partial charge in [0.15, 0.2) is 6.10 Å². The number of hydrogen-bond donors (Lipinski definition) is 3. The second kappa shape index (κ2) is 7.69. The highest BCUT2D eigenvalue weighted by Gasteiger charge is 2.31. The second-order valence-electron chi connectivity index (χ2n) is 7.26. The zero-order valence-electron chi connectivity index (χ0n) is 15.5. The summed E-state index contributed by atoms with van der Waals surface area (Å²) in [5.74, 6) is -2.23. The first kappa shape index (κ1) is 20.9. The lowest BCUT2D eigenvalue weighted by molar-refractivity contribution is -0.128. The van der Waals surface area contributed by atoms with E-state index in [0.29, 0.717) is 0 Å². The van der Waals surface area contributed by atoms with E-state index < -0.39 is 44.7 Å². The Hall–Kier alpha value is -2.40. The van der Waals surface area contributed by atoms with E-state index in [1.54, 1.807) is 20.8 Å². The van der Waals surface area contributed by atoms with Gasteiger partial charge in [-0.05, 0) is 52.7 Å². The molecule has 1 aromatic heterocycles. The number of nitrogens with one attached hydrogen (secondary N) is 3. The molecule has 0 aromatic carbocycles. The molecule has 1 aliphatic carbocycles. The van der Waals surface area contributed by atoms with Gasteiger partial charge in [-0.15, -0.1) is 0 Å². The number of esters is 1. The Morgan fingerprint density at radius 1 is 1.22 bits per heavy atom. The van der Waals surface area contributed by atoms with Gasteiger partial charge in [0, 0.05) is 11.6 Å². The molecule has 3 N–H and O–H groups in total. The quantitative estimate of drug-likeness (QED) is 0.600. The maximum absolute atomic E-state index is 12.0. The molecule has 1 unspecified atom stereocenters. The van der Waals surface area contributed by atoms with Crippen molar-refractivity contribution in [2.75, 3.05) is 0 Å². The molecule has 1 heterocycles. The molecular formula is C16H23N3O7S. The summed E-state index contributed by atoms with van der Waals surface area (Å²) in [5.41, 5.74) is -0.547. The summed E-state index contributed by atoms with van der Waals surface area (Å²) in [4.78, 5) is 35.6. The number of carbonyl (C=O) groups excluding carboxylic acids is 3. The first-order valence-corrected chi connectivity index (χ1v) is 9.82. The normalized spacial score (nSPS) is 15.7. The molecule has 1 saturated carbocycles. The van der Waals surface area contributed by atoms with Crippen molar-refractivity contribution < 1.29 is 32.0 Å². The van der Waals surface area contributed by atoms with Crippen molar-refractivity contribution in [2.45, 2.75) is 63.3 Å². The first-order chi connectivity index (χ1) is 12.4. The average Bonchev–Trinajstić information content (AvgIpc) is 3.14. The van der Waals surface area contributed by atoms with Gasteiger partial charge in [-0.1, -0.05) is 0 Å². The molecule has 0 bridgehead atoms. The lowest BCUT2D eigenvalue weighted by Crippen LogP contribution is -2.50. The number of ether oxygens (including phenoxy) is 1. The van der Waals surface area contributed by atoms with E-state index in [-0.39, 0.29) is 11.8 Å². The van der Waals surface area contributed by atoms with Gasteiger partial charge in [0.25, 0.3) is 15.9 Å². The van der Waals surface area contributed by atoms with E-state index in [4.69, 9.17) is 9.15 Å². The Balaban J connectivity index is 1.92. The van der Waals surface area contributed by atoms with Crippen LogP contribution in [0.25, 0.3) is 0 Å². The van der Waals surface area contributed by atoms with Crippen LogP contribution in [0.4, 0.5) is 4.79 Å². The van der Waals surface area contributed by atoms with Crippen molar-refractivity contribution in [3.05, 3.63) is 17.9 Å². The van der Waals surface area contributed by atoms with Gasteiger partial charge < -0.3 is 14.5 Å². The van der Waals surface area contributed by atoms with Crippen LogP contribution in [0.5, 0.6) is 0 Å². The minimum absolute atomic E-state index is 0.113. The average molecular weight is 401 g/mol. The van der Waals surface area contributed by atoms with Gasteiger partial charge >= 0.3 is 12.0 Å². The summed E-state index contributed by atoms with van der Waals surface area (Å²) >= 11 is 0. The largest absolute Gasteiger partial charge is 0.447 e. The number of sulfonamides is 1. The monoisotopic (exact) mass is 401 g/mol. The van der Waals surface area contributed by atoms with Gasteiger partial charge in [0.05, 0.1) is 0 Å². The third-order valence-corrected chi connectivity index (χ3v) is 4.72. The van der Waals surface area contributed by atoms with E-state index in [0.717, 1.165) is 25.0 Å². The highest BCUT2D eigenvalue weighted by Crippen LogP contribution is 2.23. The lowest BCUT2D eigenvalue weighted by atomic mass is 10.1. The maximum Gasteiger partial charge on any atom is 0.375 e. The summed E-state index contributed by atoms with van der Waals surface area (Å²) in [6, 6.07) is 1.43. The molecule has 27 heavy (non-hydrogen) atoms. The van der Waals surface area contributed by atoms with Gasteiger partial charge in [-0.2, -0.15) is 0 Å². The number of urea groups is 1. The minimum atomic E-state index is -3.84. The highest BCUT2D eigenvalue weighted by atomic mass is 32.2. The Kier molecular flexibility index (Phi) is 5.95. The van der Waals surface area contributed by atoms with Crippen molar-refractivity contribution in [2.24, 2.45) is 0 Å². The summed E-state index contributed by atoms with van der Waals surface area (Å²) in [6.07, 6.45) is 0.215. The Morgan fingerprint density at radius 3 is 2.41 bits per heavy atom. The fourth-order valence-electron chi connectivity index (χ4n) is 1.91. The van der Waals surface area contributed by atoms with E-state index >= 15 is 0 Å². The predicted molar refractivity (Wildman–Crippen MR) is 93.4 cm³/mol. The summed E-state index contributed by atoms with van der Waals surface area (Å²) in [7, 11) is -3.84. The molecule has 2 rings (SSSR count). The van der Waals surface area contributed by atoms with Crippen LogP contribution in [0.3, 0.4) is 0 Å². The van der Waals surface area contributed by atoms with Crippen LogP contribution in [-0.4, -0.2) is 44.0 Å². The van der Waals surface area contributed by atoms with Gasteiger partial charge in [0.1, 0.15) is 0 Å². The number of carbonyl (C=O) groups is 3. The fraction of sp³-hybridized carbons (Fsp3) is 0.562. The van der Waals surface area contributed by atoms with E-state index in [9.17, 15) is 22.8 Å². The molecule has 0 aliphatic heterocycles. The predicted octanol–water partition coefficient (Wildman–Crippen LogP) is 0.890. The zero-order valence-corrected chi connectivity index (χ0v) is 16.3. The summed E-state index contributed by atoms with van der Waals surface area (Å²) in [6.45, 7) is 6.48. The molecule has 1 aliphatic rings. The molecule has 1 fully saturated rings. The van der Waals surface area contributed by atoms with Crippen molar-refractivity contribution in [3.63, 3.8) is 0 Å². The van der Waals surface area contributed by atoms with Crippen LogP contribution < -0.4 is 15.4 Å². The zero-order chi connectivity index (χ0) is 20.4. The second-order valence-corrected chi connectivity index (χ2v) is 8.90. The Bertz CT molecular complexity index is 834. The smallest absolute Gasteiger partial charge is 0.375 e. The highest BCUT2D eigenvalue weighted by molar-refractivity contribution is 7.89. The molecule has 1 aromatic rings. The minimum Gasteiger partial charge on any atom is -0.447 e. The van der Waals surface area contributed by atoms with Crippen molar-refractivity contribution in [1.29, 1.82) is 0 Å². The first-order valence-electron chi connectivity index (χ1n) is 8.33. The van der Waals surface area contributed by atoms with E-state index in [2.05, 4.69) is 10.0 Å². The van der Waals surface area contributed by atoms with Crippen molar-refractivity contribution in [1.82, 2.24) is 15.4 Å². The SMILES string of the molecule is CC(OC(=O)c1ccc(S(=O)(=O)NC2CC2)o1)C(=O)NC(=O)NC(C)(C)C. The lowest BCUT2D eigenvalue weighted by Gasteiger charge is -2.21. The van der Waals surface area contributed by atoms with E-state index in [1.807, 2.05) is 5.32 Å². The van der Waals surface area contributed by atoms with Crippen molar-refractivity contribution >= 4 is 27.9 Å². The van der Waals surface area contributed by atoms with Gasteiger partial charge in [-0.25, -0.2) is 22.7 Å². The molecule has 1 atom stereocenters. The summed E-state index contributed by atoms with van der Waals surface area (Å²) in [5, 5.41) is 4.16. The molecule has 150 valence electrons. The molecule has 0 radical (unpaired) electrons. The van der Waals surface area contributed by atoms with Crippen molar-refractivity contribution in [3.8, 4) is 0 Å². The fourth-order valence-corrected chi connectivity index (χ4v) is 3.15. The van der Waals surface area contributed by atoms with Crippen LogP contribution in [0.1, 0.15) is 51.1 Å². The number of hydrogen-bond acceptors (Lipinski definition) is 7. The van der Waals surface area contributed by atoms with Crippen LogP contribution >= 0.6 is 0 Å². The Labute approximate surface area is 157 Å². The van der Waals surface area contributed by atoms with Crippen LogP contribution in [0, 0.1) is 0 Å². The Morgan fingerprint density at radius 2 is 1.85 bits per heavy atom. The molecule has 3 amide bonds. The third-order valence-electron chi connectivity index (χ3n) is 3.32. The molecule has 11 heteroatoms. The number of rotatable bonds is 6. The standard InChI is InChI=1S/C16H23N3O7S/c1-9(13(20)17-15(22)18-16(2,3)4)25-14(21)11-7-8-12(26-11)27(23,24)19-10-5-6-10/h7-10,19H,5-6H2,1-4H3,(H2,17,18,20,22). The molecular weight excluding hydrogens is 378 g/mol. The van der Waals surface area contributed by atoms with Crippen LogP contribution in [0.15, 0.2) is 21.6 Å². The number of amides is 3. The van der Waals surface area contributed by atoms with Crippen LogP contribution in [-0.2, 0) is 19.6 Å². The number of imide groups is 1. The summed E-state index contributed by atoms with van der Waals surface area (Å²) < 4.78 is 36.4. The molecule has 0 spiro atoms. The van der Waals surface area contributed by atoms with Gasteiger partial charge in [0.2, 0.25) is 10.9 Å². The van der Waals surface area contributed by atoms with Gasteiger partial charge in [-0.3, -0.25) is 10.1 Å². The maximum atomic E-state index is 12.0. The van der Waals surface area contributed by atoms with E-state index in [1.165, 1.54) is 6.92 Å². The molecule has 10 nitrogen and oxygen atoms in total. The number of furan rings is 1. The molecule has 0 saturated heterocycles. The third kappa shape index (κ3) is 6.36. The topological polar surface area (TPSA) is 144 Å².